The highest BCUT2D eigenvalue weighted by atomic mass is 16.1. The van der Waals surface area contributed by atoms with Gasteiger partial charge in [-0.25, -0.2) is 0 Å². The van der Waals surface area contributed by atoms with E-state index >= 15 is 0 Å². The molecule has 0 bridgehead atoms. The van der Waals surface area contributed by atoms with Gasteiger partial charge in [0.2, 0.25) is 5.91 Å². The molecule has 0 aliphatic rings. The van der Waals surface area contributed by atoms with E-state index in [1.54, 1.807) is 12.1 Å². The molecule has 0 saturated carbocycles. The van der Waals surface area contributed by atoms with Crippen LogP contribution in [0.15, 0.2) is 48.8 Å². The number of aromatic nitrogens is 3. The first kappa shape index (κ1) is 11.7. The molecule has 2 aromatic heterocycles. The average molecular weight is 276 g/mol. The Hall–Kier alpha value is -3.08. The zero-order valence-electron chi connectivity index (χ0n) is 11.1. The van der Waals surface area contributed by atoms with Gasteiger partial charge in [-0.3, -0.25) is 9.89 Å². The maximum atomic E-state index is 11.2. The summed E-state index contributed by atoms with van der Waals surface area (Å²) < 4.78 is 0. The van der Waals surface area contributed by atoms with E-state index in [1.165, 1.54) is 0 Å². The number of benzene rings is 2. The van der Waals surface area contributed by atoms with Crippen molar-refractivity contribution in [3.05, 3.63) is 54.4 Å². The van der Waals surface area contributed by atoms with Crippen LogP contribution in [0, 0.1) is 0 Å². The maximum Gasteiger partial charge on any atom is 0.248 e. The van der Waals surface area contributed by atoms with E-state index in [4.69, 9.17) is 5.73 Å². The van der Waals surface area contributed by atoms with E-state index in [1.807, 2.05) is 30.6 Å². The second kappa shape index (κ2) is 4.21. The summed E-state index contributed by atoms with van der Waals surface area (Å²) in [5.74, 6) is -0.415. The van der Waals surface area contributed by atoms with Crippen molar-refractivity contribution < 1.29 is 4.79 Å². The number of primary amides is 1. The van der Waals surface area contributed by atoms with Crippen LogP contribution in [0.1, 0.15) is 10.4 Å². The van der Waals surface area contributed by atoms with Crippen LogP contribution in [0.2, 0.25) is 0 Å². The van der Waals surface area contributed by atoms with Gasteiger partial charge < -0.3 is 10.7 Å². The van der Waals surface area contributed by atoms with Crippen molar-refractivity contribution in [2.45, 2.75) is 0 Å². The Bertz CT molecular complexity index is 980. The summed E-state index contributed by atoms with van der Waals surface area (Å²) in [6.45, 7) is 0. The quantitative estimate of drug-likeness (QED) is 0.525. The molecule has 0 spiro atoms. The highest BCUT2D eigenvalue weighted by Crippen LogP contribution is 2.28. The molecule has 0 fully saturated rings. The van der Waals surface area contributed by atoms with Crippen LogP contribution in [0.25, 0.3) is 32.9 Å². The van der Waals surface area contributed by atoms with Crippen LogP contribution in [0.5, 0.6) is 0 Å². The lowest BCUT2D eigenvalue weighted by Gasteiger charge is -2.03. The van der Waals surface area contributed by atoms with E-state index in [2.05, 4.69) is 21.2 Å². The molecule has 21 heavy (non-hydrogen) atoms. The summed E-state index contributed by atoms with van der Waals surface area (Å²) >= 11 is 0. The van der Waals surface area contributed by atoms with E-state index in [0.717, 1.165) is 32.9 Å². The minimum atomic E-state index is -0.415. The van der Waals surface area contributed by atoms with Crippen molar-refractivity contribution in [2.75, 3.05) is 0 Å². The Morgan fingerprint density at radius 3 is 2.71 bits per heavy atom. The summed E-state index contributed by atoms with van der Waals surface area (Å²) in [4.78, 5) is 14.3. The van der Waals surface area contributed by atoms with Gasteiger partial charge in [0, 0.05) is 28.9 Å². The summed E-state index contributed by atoms with van der Waals surface area (Å²) in [6.07, 6.45) is 3.81. The minimum absolute atomic E-state index is 0.415. The van der Waals surface area contributed by atoms with Crippen LogP contribution in [0.3, 0.4) is 0 Å². The van der Waals surface area contributed by atoms with Crippen molar-refractivity contribution in [2.24, 2.45) is 5.73 Å². The van der Waals surface area contributed by atoms with Crippen molar-refractivity contribution >= 4 is 27.6 Å². The smallest absolute Gasteiger partial charge is 0.248 e. The number of hydrogen-bond acceptors (Lipinski definition) is 2. The second-order valence-electron chi connectivity index (χ2n) is 5.00. The highest BCUT2D eigenvalue weighted by molar-refractivity contribution is 6.00. The lowest BCUT2D eigenvalue weighted by Crippen LogP contribution is -2.10. The number of nitrogens with two attached hydrogens (primary N) is 1. The van der Waals surface area contributed by atoms with Crippen molar-refractivity contribution in [3.63, 3.8) is 0 Å². The number of carbonyl (C=O) groups excluding carboxylic acids is 1. The zero-order valence-corrected chi connectivity index (χ0v) is 11.1. The Labute approximate surface area is 119 Å². The number of nitrogens with zero attached hydrogens (tertiary/aromatic N) is 1. The molecule has 0 aliphatic carbocycles. The predicted molar refractivity (Wildman–Crippen MR) is 81.9 cm³/mol. The average Bonchev–Trinajstić information content (AvgIpc) is 3.09. The molecule has 4 rings (SSSR count). The van der Waals surface area contributed by atoms with E-state index in [-0.39, 0.29) is 0 Å². The van der Waals surface area contributed by atoms with Crippen molar-refractivity contribution in [1.82, 2.24) is 15.2 Å². The van der Waals surface area contributed by atoms with Crippen LogP contribution in [-0.2, 0) is 0 Å². The number of fused-ring (bicyclic) bond motifs is 2. The number of hydrogen-bond donors (Lipinski definition) is 3. The molecule has 5 heteroatoms. The molecule has 0 unspecified atom stereocenters. The minimum Gasteiger partial charge on any atom is -0.366 e. The Kier molecular flexibility index (Phi) is 2.35. The summed E-state index contributed by atoms with van der Waals surface area (Å²) in [6, 6.07) is 11.5. The standard InChI is InChI=1S/C16H12N4O/c17-16(21)12-4-2-9-5-11(3-1-10(9)6-12)15-13-7-18-8-14(13)19-20-15/h1-8,18-19H,(H2,17,21). The van der Waals surface area contributed by atoms with Gasteiger partial charge in [-0.05, 0) is 29.0 Å². The Morgan fingerprint density at radius 1 is 1.05 bits per heavy atom. The van der Waals surface area contributed by atoms with Crippen LogP contribution in [0.4, 0.5) is 0 Å². The summed E-state index contributed by atoms with van der Waals surface area (Å²) in [7, 11) is 0. The highest BCUT2D eigenvalue weighted by Gasteiger charge is 2.09. The first-order chi connectivity index (χ1) is 10.2. The van der Waals surface area contributed by atoms with Crippen molar-refractivity contribution in [1.29, 1.82) is 0 Å². The van der Waals surface area contributed by atoms with Gasteiger partial charge in [-0.2, -0.15) is 5.10 Å². The molecule has 2 heterocycles. The molecule has 0 radical (unpaired) electrons. The lowest BCUT2D eigenvalue weighted by atomic mass is 10.0. The molecule has 4 N–H and O–H groups in total. The third-order valence-corrected chi connectivity index (χ3v) is 3.69. The fourth-order valence-corrected chi connectivity index (χ4v) is 2.59. The second-order valence-corrected chi connectivity index (χ2v) is 5.00. The zero-order chi connectivity index (χ0) is 14.4. The molecule has 1 amide bonds. The molecule has 0 saturated heterocycles. The molecule has 5 nitrogen and oxygen atoms in total. The Morgan fingerprint density at radius 2 is 1.86 bits per heavy atom. The first-order valence-electron chi connectivity index (χ1n) is 6.57. The third kappa shape index (κ3) is 1.79. The third-order valence-electron chi connectivity index (χ3n) is 3.69. The van der Waals surface area contributed by atoms with Crippen LogP contribution >= 0.6 is 0 Å². The summed E-state index contributed by atoms with van der Waals surface area (Å²) in [5.41, 5.74) is 8.74. The fraction of sp³-hybridized carbons (Fsp3) is 0. The monoisotopic (exact) mass is 276 g/mol. The molecule has 0 atom stereocenters. The van der Waals surface area contributed by atoms with Gasteiger partial charge in [0.15, 0.2) is 0 Å². The van der Waals surface area contributed by atoms with Crippen LogP contribution in [-0.4, -0.2) is 21.1 Å². The number of amides is 1. The molecular formula is C16H12N4O. The number of aromatic amines is 2. The van der Waals surface area contributed by atoms with E-state index in [0.29, 0.717) is 5.56 Å². The predicted octanol–water partition coefficient (Wildman–Crippen LogP) is 2.81. The van der Waals surface area contributed by atoms with E-state index < -0.39 is 5.91 Å². The fourth-order valence-electron chi connectivity index (χ4n) is 2.59. The molecule has 4 aromatic rings. The maximum absolute atomic E-state index is 11.2. The van der Waals surface area contributed by atoms with Crippen LogP contribution < -0.4 is 5.73 Å². The van der Waals surface area contributed by atoms with Gasteiger partial charge in [-0.1, -0.05) is 18.2 Å². The molecule has 2 aromatic carbocycles. The SMILES string of the molecule is NC(=O)c1ccc2cc(-c3n[nH]c4c[nH]cc34)ccc2c1. The topological polar surface area (TPSA) is 87.6 Å². The molecule has 0 aliphatic heterocycles. The van der Waals surface area contributed by atoms with Gasteiger partial charge in [0.05, 0.1) is 5.52 Å². The van der Waals surface area contributed by atoms with Gasteiger partial charge >= 0.3 is 0 Å². The lowest BCUT2D eigenvalue weighted by molar-refractivity contribution is 0.100. The van der Waals surface area contributed by atoms with Gasteiger partial charge in [-0.15, -0.1) is 0 Å². The van der Waals surface area contributed by atoms with Gasteiger partial charge in [0.1, 0.15) is 5.69 Å². The largest absolute Gasteiger partial charge is 0.366 e. The van der Waals surface area contributed by atoms with Gasteiger partial charge in [0.25, 0.3) is 0 Å². The molecule has 102 valence electrons. The summed E-state index contributed by atoms with van der Waals surface area (Å²) in [5, 5.41) is 10.4. The number of carbonyl (C=O) groups is 1. The molecular weight excluding hydrogens is 264 g/mol. The first-order valence-corrected chi connectivity index (χ1v) is 6.57. The normalized spacial score (nSPS) is 11.2. The van der Waals surface area contributed by atoms with Crippen molar-refractivity contribution in [3.8, 4) is 11.3 Å². The Balaban J connectivity index is 1.89. The van der Waals surface area contributed by atoms with E-state index in [9.17, 15) is 4.79 Å². The number of nitrogens with one attached hydrogen (secondary N) is 2. The number of rotatable bonds is 2. The number of H-pyrrole nitrogens is 2.